The van der Waals surface area contributed by atoms with Gasteiger partial charge in [-0.3, -0.25) is 4.79 Å². The summed E-state index contributed by atoms with van der Waals surface area (Å²) in [6.07, 6.45) is 0. The molecule has 27 heavy (non-hydrogen) atoms. The van der Waals surface area contributed by atoms with Gasteiger partial charge in [0.05, 0.1) is 18.7 Å². The molecule has 2 aromatic carbocycles. The van der Waals surface area contributed by atoms with Crippen LogP contribution in [0.25, 0.3) is 0 Å². The van der Waals surface area contributed by atoms with Crippen molar-refractivity contribution in [3.05, 3.63) is 65.2 Å². The Hall–Kier alpha value is -1.63. The van der Waals surface area contributed by atoms with Crippen LogP contribution in [0.1, 0.15) is 21.3 Å². The first-order valence-corrected chi connectivity index (χ1v) is 11.3. The molecule has 1 aliphatic rings. The number of amides is 1. The number of hydrogen-bond donors (Lipinski definition) is 2. The van der Waals surface area contributed by atoms with Crippen LogP contribution in [0.4, 0.5) is 0 Å². The molecule has 1 heterocycles. The molecule has 3 rings (SSSR count). The van der Waals surface area contributed by atoms with Gasteiger partial charge in [0.1, 0.15) is 12.3 Å². The molecular weight excluding hydrogens is 376 g/mol. The van der Waals surface area contributed by atoms with Crippen LogP contribution in [-0.2, 0) is 17.9 Å². The van der Waals surface area contributed by atoms with E-state index in [1.807, 2.05) is 47.8 Å². The molecule has 2 N–H and O–H groups in total. The monoisotopic (exact) mass is 403 g/mol. The number of benzene rings is 2. The highest BCUT2D eigenvalue weighted by Gasteiger charge is 2.18. The van der Waals surface area contributed by atoms with Crippen molar-refractivity contribution in [1.29, 1.82) is 0 Å². The first-order valence-electron chi connectivity index (χ1n) is 9.20. The van der Waals surface area contributed by atoms with E-state index in [2.05, 4.69) is 43.7 Å². The summed E-state index contributed by atoms with van der Waals surface area (Å²) in [6, 6.07) is 16.3. The third kappa shape index (κ3) is 6.19. The van der Waals surface area contributed by atoms with E-state index in [1.54, 1.807) is 0 Å². The van der Waals surface area contributed by atoms with Gasteiger partial charge in [0.25, 0.3) is 5.91 Å². The summed E-state index contributed by atoms with van der Waals surface area (Å²) in [6.45, 7) is 1.50. The highest BCUT2D eigenvalue weighted by molar-refractivity contribution is 8.19. The fourth-order valence-corrected chi connectivity index (χ4v) is 5.81. The van der Waals surface area contributed by atoms with E-state index >= 15 is 0 Å². The molecule has 0 unspecified atom stereocenters. The van der Waals surface area contributed by atoms with Gasteiger partial charge in [-0.2, -0.15) is 0 Å². The second kappa shape index (κ2) is 10.1. The Morgan fingerprint density at radius 3 is 2.41 bits per heavy atom. The number of quaternary nitrogens is 1. The highest BCUT2D eigenvalue weighted by Crippen LogP contribution is 2.45. The Balaban J connectivity index is 1.46. The average Bonchev–Trinajstić information content (AvgIpc) is 3.20. The van der Waals surface area contributed by atoms with Crippen LogP contribution in [0.2, 0.25) is 0 Å². The maximum Gasteiger partial charge on any atom is 0.258 e. The van der Waals surface area contributed by atoms with Crippen molar-refractivity contribution < 1.29 is 14.4 Å². The van der Waals surface area contributed by atoms with E-state index in [9.17, 15) is 4.79 Å². The largest absolute Gasteiger partial charge is 0.484 e. The maximum absolute atomic E-state index is 12.2. The van der Waals surface area contributed by atoms with Gasteiger partial charge < -0.3 is 15.0 Å². The zero-order valence-corrected chi connectivity index (χ0v) is 17.5. The summed E-state index contributed by atoms with van der Waals surface area (Å²) < 4.78 is 6.17. The van der Waals surface area contributed by atoms with Crippen molar-refractivity contribution in [3.8, 4) is 5.75 Å². The smallest absolute Gasteiger partial charge is 0.258 e. The Kier molecular flexibility index (Phi) is 7.50. The number of hydrogen-bond acceptors (Lipinski definition) is 4. The minimum atomic E-state index is -0.104. The number of carbonyl (C=O) groups is 1. The van der Waals surface area contributed by atoms with Gasteiger partial charge >= 0.3 is 0 Å². The Morgan fingerprint density at radius 2 is 1.74 bits per heavy atom. The minimum Gasteiger partial charge on any atom is -0.484 e. The first-order chi connectivity index (χ1) is 13.1. The van der Waals surface area contributed by atoms with Crippen LogP contribution in [0, 0.1) is 0 Å². The van der Waals surface area contributed by atoms with Gasteiger partial charge in [0, 0.05) is 23.6 Å². The number of rotatable bonds is 8. The molecule has 0 aliphatic carbocycles. The first kappa shape index (κ1) is 20.1. The predicted molar refractivity (Wildman–Crippen MR) is 114 cm³/mol. The van der Waals surface area contributed by atoms with Crippen molar-refractivity contribution in [2.45, 2.75) is 17.7 Å². The molecule has 6 heteroatoms. The van der Waals surface area contributed by atoms with Crippen LogP contribution >= 0.6 is 23.5 Å². The molecule has 1 fully saturated rings. The Bertz CT molecular complexity index is 744. The molecule has 0 saturated carbocycles. The van der Waals surface area contributed by atoms with Crippen molar-refractivity contribution >= 4 is 29.4 Å². The van der Waals surface area contributed by atoms with Gasteiger partial charge in [0.15, 0.2) is 6.61 Å². The highest BCUT2D eigenvalue weighted by atomic mass is 32.2. The number of nitrogens with one attached hydrogen (secondary N) is 2. The van der Waals surface area contributed by atoms with Gasteiger partial charge in [-0.1, -0.05) is 36.4 Å². The summed E-state index contributed by atoms with van der Waals surface area (Å²) in [4.78, 5) is 13.5. The molecule has 1 saturated heterocycles. The molecule has 2 aromatic rings. The zero-order chi connectivity index (χ0) is 19.1. The maximum atomic E-state index is 12.2. The summed E-state index contributed by atoms with van der Waals surface area (Å²) >= 11 is 3.97. The number of carbonyl (C=O) groups excluding carboxylic acids is 1. The molecule has 0 aromatic heterocycles. The van der Waals surface area contributed by atoms with Crippen LogP contribution in [0.15, 0.2) is 48.5 Å². The zero-order valence-electron chi connectivity index (χ0n) is 15.9. The molecule has 1 aliphatic heterocycles. The molecule has 0 bridgehead atoms. The quantitative estimate of drug-likeness (QED) is 0.711. The fourth-order valence-electron chi connectivity index (χ4n) is 2.95. The summed E-state index contributed by atoms with van der Waals surface area (Å²) in [5.74, 6) is 3.06. The van der Waals surface area contributed by atoms with E-state index in [0.29, 0.717) is 11.1 Å². The molecule has 1 amide bonds. The number of ether oxygens (including phenoxy) is 1. The van der Waals surface area contributed by atoms with Gasteiger partial charge in [0.2, 0.25) is 0 Å². The molecule has 144 valence electrons. The molecule has 0 radical (unpaired) electrons. The SMILES string of the molecule is C[NH+](C)Cc1ccccc1CNC(=O)COc1ccc(C2SCCS2)cc1. The topological polar surface area (TPSA) is 42.8 Å². The lowest BCUT2D eigenvalue weighted by Gasteiger charge is -2.13. The third-order valence-corrected chi connectivity index (χ3v) is 7.39. The second-order valence-corrected chi connectivity index (χ2v) is 9.58. The van der Waals surface area contributed by atoms with Gasteiger partial charge in [-0.25, -0.2) is 0 Å². The molecular formula is C21H27N2O2S2+. The van der Waals surface area contributed by atoms with Crippen molar-refractivity contribution in [2.75, 3.05) is 32.2 Å². The van der Waals surface area contributed by atoms with E-state index < -0.39 is 0 Å². The van der Waals surface area contributed by atoms with E-state index in [-0.39, 0.29) is 12.5 Å². The Morgan fingerprint density at radius 1 is 1.07 bits per heavy atom. The van der Waals surface area contributed by atoms with Gasteiger partial charge in [-0.15, -0.1) is 23.5 Å². The minimum absolute atomic E-state index is 0.0351. The van der Waals surface area contributed by atoms with E-state index in [0.717, 1.165) is 17.9 Å². The predicted octanol–water partition coefficient (Wildman–Crippen LogP) is 2.50. The molecule has 4 nitrogen and oxygen atoms in total. The third-order valence-electron chi connectivity index (χ3n) is 4.28. The summed E-state index contributed by atoms with van der Waals surface area (Å²) in [5, 5.41) is 2.96. The number of thioether (sulfide) groups is 2. The van der Waals surface area contributed by atoms with Crippen molar-refractivity contribution in [2.24, 2.45) is 0 Å². The van der Waals surface area contributed by atoms with E-state index in [1.165, 1.54) is 27.5 Å². The molecule has 0 spiro atoms. The second-order valence-electron chi connectivity index (χ2n) is 6.86. The lowest BCUT2D eigenvalue weighted by molar-refractivity contribution is -0.872. The summed E-state index contributed by atoms with van der Waals surface area (Å²) in [5.41, 5.74) is 3.74. The van der Waals surface area contributed by atoms with E-state index in [4.69, 9.17) is 4.74 Å². The van der Waals surface area contributed by atoms with Crippen LogP contribution < -0.4 is 15.0 Å². The standard InChI is InChI=1S/C21H26N2O2S2/c1-23(2)14-18-6-4-3-5-17(18)13-22-20(24)15-25-19-9-7-16(8-10-19)21-26-11-12-27-21/h3-10,21H,11-15H2,1-2H3,(H,22,24)/p+1. The Labute approximate surface area is 170 Å². The lowest BCUT2D eigenvalue weighted by Crippen LogP contribution is -3.04. The molecule has 0 atom stereocenters. The average molecular weight is 404 g/mol. The van der Waals surface area contributed by atoms with Crippen LogP contribution in [0.3, 0.4) is 0 Å². The summed E-state index contributed by atoms with van der Waals surface area (Å²) in [7, 11) is 4.25. The van der Waals surface area contributed by atoms with Crippen LogP contribution in [-0.4, -0.2) is 38.1 Å². The van der Waals surface area contributed by atoms with Gasteiger partial charge in [-0.05, 0) is 23.3 Å². The van der Waals surface area contributed by atoms with Crippen molar-refractivity contribution in [1.82, 2.24) is 5.32 Å². The van der Waals surface area contributed by atoms with Crippen LogP contribution in [0.5, 0.6) is 5.75 Å². The lowest BCUT2D eigenvalue weighted by atomic mass is 10.1. The van der Waals surface area contributed by atoms with Crippen molar-refractivity contribution in [3.63, 3.8) is 0 Å². The fraction of sp³-hybridized carbons (Fsp3) is 0.381. The normalized spacial score (nSPS) is 14.5.